The first-order valence-corrected chi connectivity index (χ1v) is 13.4. The molecule has 0 atom stereocenters. The maximum Gasteiger partial charge on any atom is 0.336 e. The maximum atomic E-state index is 13.5. The van der Waals surface area contributed by atoms with Crippen molar-refractivity contribution in [1.29, 1.82) is 0 Å². The molecule has 1 N–H and O–H groups in total. The Morgan fingerprint density at radius 2 is 1.62 bits per heavy atom. The number of barbiturate groups is 1. The quantitative estimate of drug-likeness (QED) is 0.206. The average molecular weight is 634 g/mol. The summed E-state index contributed by atoms with van der Waals surface area (Å²) >= 11 is 15.5. The molecule has 0 spiro atoms. The number of rotatable bonds is 9. The summed E-state index contributed by atoms with van der Waals surface area (Å²) in [5.74, 6) is -0.331. The number of hydrogen-bond donors (Lipinski definition) is 1. The van der Waals surface area contributed by atoms with E-state index in [0.717, 1.165) is 10.5 Å². The van der Waals surface area contributed by atoms with Gasteiger partial charge in [0, 0.05) is 6.07 Å². The molecule has 4 amide bonds. The predicted molar refractivity (Wildman–Crippen MR) is 153 cm³/mol. The van der Waals surface area contributed by atoms with Gasteiger partial charge in [0.2, 0.25) is 0 Å². The third-order valence-electron chi connectivity index (χ3n) is 5.53. The minimum absolute atomic E-state index is 0.163. The van der Waals surface area contributed by atoms with Gasteiger partial charge in [-0.05, 0) is 83.4 Å². The molecule has 0 radical (unpaired) electrons. The molecule has 1 aliphatic rings. The SMILES string of the molecule is CCOc1ccc(OCC)c(N2C(=O)NC(=O)/C(=C\c3ccc(OCc4ccc(Cl)c(Cl)c4)c(Br)c3)C2=O)c1. The Balaban J connectivity index is 1.60. The van der Waals surface area contributed by atoms with Crippen LogP contribution in [0.25, 0.3) is 6.08 Å². The van der Waals surface area contributed by atoms with E-state index in [1.54, 1.807) is 49.4 Å². The van der Waals surface area contributed by atoms with Crippen LogP contribution in [-0.4, -0.2) is 31.1 Å². The Hall–Kier alpha value is -3.53. The van der Waals surface area contributed by atoms with Crippen LogP contribution in [-0.2, 0) is 16.2 Å². The molecule has 11 heteroatoms. The number of anilines is 1. The zero-order chi connectivity index (χ0) is 28.1. The number of ether oxygens (including phenoxy) is 3. The molecule has 4 rings (SSSR count). The van der Waals surface area contributed by atoms with Crippen molar-refractivity contribution >= 4 is 68.7 Å². The first-order valence-electron chi connectivity index (χ1n) is 11.9. The van der Waals surface area contributed by atoms with Gasteiger partial charge < -0.3 is 14.2 Å². The van der Waals surface area contributed by atoms with E-state index in [0.29, 0.717) is 50.5 Å². The predicted octanol–water partition coefficient (Wildman–Crippen LogP) is 6.80. The van der Waals surface area contributed by atoms with Crippen molar-refractivity contribution in [1.82, 2.24) is 5.32 Å². The van der Waals surface area contributed by atoms with Crippen molar-refractivity contribution in [3.05, 3.63) is 85.8 Å². The minimum Gasteiger partial charge on any atom is -0.494 e. The number of urea groups is 1. The van der Waals surface area contributed by atoms with Gasteiger partial charge in [-0.25, -0.2) is 9.69 Å². The van der Waals surface area contributed by atoms with Gasteiger partial charge in [-0.3, -0.25) is 14.9 Å². The zero-order valence-electron chi connectivity index (χ0n) is 20.9. The highest BCUT2D eigenvalue weighted by Crippen LogP contribution is 2.35. The molecule has 1 heterocycles. The molecule has 0 unspecified atom stereocenters. The molecule has 0 aromatic heterocycles. The highest BCUT2D eigenvalue weighted by molar-refractivity contribution is 9.10. The normalized spacial score (nSPS) is 14.4. The lowest BCUT2D eigenvalue weighted by molar-refractivity contribution is -0.122. The van der Waals surface area contributed by atoms with E-state index in [2.05, 4.69) is 21.2 Å². The molecule has 0 bridgehead atoms. The number of imide groups is 2. The number of halogens is 3. The van der Waals surface area contributed by atoms with Crippen molar-refractivity contribution < 1.29 is 28.6 Å². The van der Waals surface area contributed by atoms with E-state index in [1.807, 2.05) is 13.0 Å². The highest BCUT2D eigenvalue weighted by atomic mass is 79.9. The van der Waals surface area contributed by atoms with Crippen LogP contribution in [0.3, 0.4) is 0 Å². The number of amides is 4. The smallest absolute Gasteiger partial charge is 0.336 e. The summed E-state index contributed by atoms with van der Waals surface area (Å²) < 4.78 is 17.6. The first kappa shape index (κ1) is 28.5. The first-order chi connectivity index (χ1) is 18.7. The Kier molecular flexibility index (Phi) is 9.16. The molecular formula is C28H23BrCl2N2O6. The molecular weight excluding hydrogens is 611 g/mol. The van der Waals surface area contributed by atoms with E-state index in [-0.39, 0.29) is 17.9 Å². The second kappa shape index (κ2) is 12.5. The van der Waals surface area contributed by atoms with Gasteiger partial charge in [0.1, 0.15) is 29.4 Å². The van der Waals surface area contributed by atoms with Crippen LogP contribution in [0, 0.1) is 0 Å². The minimum atomic E-state index is -0.885. The Morgan fingerprint density at radius 3 is 2.31 bits per heavy atom. The fourth-order valence-corrected chi connectivity index (χ4v) is 4.59. The van der Waals surface area contributed by atoms with E-state index >= 15 is 0 Å². The van der Waals surface area contributed by atoms with E-state index < -0.39 is 17.8 Å². The molecule has 39 heavy (non-hydrogen) atoms. The Labute approximate surface area is 243 Å². The Morgan fingerprint density at radius 1 is 0.872 bits per heavy atom. The fraction of sp³-hybridized carbons (Fsp3) is 0.179. The van der Waals surface area contributed by atoms with Crippen LogP contribution >= 0.6 is 39.1 Å². The van der Waals surface area contributed by atoms with Gasteiger partial charge in [0.25, 0.3) is 11.8 Å². The van der Waals surface area contributed by atoms with E-state index in [9.17, 15) is 14.4 Å². The summed E-state index contributed by atoms with van der Waals surface area (Å²) in [5.41, 5.74) is 1.30. The van der Waals surface area contributed by atoms with Crippen LogP contribution in [0.5, 0.6) is 17.2 Å². The van der Waals surface area contributed by atoms with Crippen molar-refractivity contribution in [2.45, 2.75) is 20.5 Å². The van der Waals surface area contributed by atoms with Gasteiger partial charge in [-0.1, -0.05) is 35.3 Å². The number of carbonyl (C=O) groups excluding carboxylic acids is 3. The Bertz CT molecular complexity index is 1480. The second-order valence-corrected chi connectivity index (χ2v) is 9.85. The molecule has 3 aromatic carbocycles. The summed E-state index contributed by atoms with van der Waals surface area (Å²) in [6, 6.07) is 14.2. The van der Waals surface area contributed by atoms with Crippen molar-refractivity contribution in [2.75, 3.05) is 18.1 Å². The number of carbonyl (C=O) groups is 3. The fourth-order valence-electron chi connectivity index (χ4n) is 3.76. The summed E-state index contributed by atoms with van der Waals surface area (Å²) in [4.78, 5) is 39.8. The lowest BCUT2D eigenvalue weighted by Gasteiger charge is -2.28. The molecule has 202 valence electrons. The van der Waals surface area contributed by atoms with Crippen molar-refractivity contribution in [3.63, 3.8) is 0 Å². The standard InChI is InChI=1S/C28H23BrCl2N2O6/c1-3-37-18-7-10-25(38-4-2)23(14-18)33-27(35)19(26(34)32-28(33)36)11-16-6-9-24(20(29)12-16)39-15-17-5-8-21(30)22(31)13-17/h5-14H,3-4,15H2,1-2H3,(H,32,34,36)/b19-11+. The lowest BCUT2D eigenvalue weighted by Crippen LogP contribution is -2.54. The van der Waals surface area contributed by atoms with Gasteiger partial charge in [-0.15, -0.1) is 0 Å². The lowest BCUT2D eigenvalue weighted by atomic mass is 10.1. The topological polar surface area (TPSA) is 94.2 Å². The largest absolute Gasteiger partial charge is 0.494 e. The van der Waals surface area contributed by atoms with Crippen LogP contribution < -0.4 is 24.4 Å². The van der Waals surface area contributed by atoms with Gasteiger partial charge in [0.15, 0.2) is 0 Å². The van der Waals surface area contributed by atoms with Crippen LogP contribution in [0.15, 0.2) is 64.6 Å². The third kappa shape index (κ3) is 6.55. The number of hydrogen-bond acceptors (Lipinski definition) is 6. The molecule has 8 nitrogen and oxygen atoms in total. The van der Waals surface area contributed by atoms with Crippen molar-refractivity contribution in [2.24, 2.45) is 0 Å². The average Bonchev–Trinajstić information content (AvgIpc) is 2.89. The van der Waals surface area contributed by atoms with E-state index in [4.69, 9.17) is 37.4 Å². The van der Waals surface area contributed by atoms with Crippen LogP contribution in [0.4, 0.5) is 10.5 Å². The third-order valence-corrected chi connectivity index (χ3v) is 6.89. The van der Waals surface area contributed by atoms with Gasteiger partial charge >= 0.3 is 6.03 Å². The molecule has 1 saturated heterocycles. The number of nitrogens with zero attached hydrogens (tertiary/aromatic N) is 1. The molecule has 1 fully saturated rings. The number of benzene rings is 3. The second-order valence-electron chi connectivity index (χ2n) is 8.18. The monoisotopic (exact) mass is 632 g/mol. The molecule has 3 aromatic rings. The maximum absolute atomic E-state index is 13.5. The summed E-state index contributed by atoms with van der Waals surface area (Å²) in [5, 5.41) is 3.11. The molecule has 1 aliphatic heterocycles. The summed E-state index contributed by atoms with van der Waals surface area (Å²) in [7, 11) is 0. The van der Waals surface area contributed by atoms with Crippen molar-refractivity contribution in [3.8, 4) is 17.2 Å². The molecule has 0 aliphatic carbocycles. The van der Waals surface area contributed by atoms with Gasteiger partial charge in [0.05, 0.1) is 33.4 Å². The summed E-state index contributed by atoms with van der Waals surface area (Å²) in [6.45, 7) is 4.54. The number of nitrogens with one attached hydrogen (secondary N) is 1. The van der Waals surface area contributed by atoms with E-state index in [1.165, 1.54) is 12.1 Å². The zero-order valence-corrected chi connectivity index (χ0v) is 24.0. The molecule has 0 saturated carbocycles. The van der Waals surface area contributed by atoms with Gasteiger partial charge in [-0.2, -0.15) is 0 Å². The van der Waals surface area contributed by atoms with Crippen LogP contribution in [0.1, 0.15) is 25.0 Å². The highest BCUT2D eigenvalue weighted by Gasteiger charge is 2.38. The summed E-state index contributed by atoms with van der Waals surface area (Å²) in [6.07, 6.45) is 1.40. The van der Waals surface area contributed by atoms with Crippen LogP contribution in [0.2, 0.25) is 10.0 Å².